The van der Waals surface area contributed by atoms with Gasteiger partial charge in [0.1, 0.15) is 11.9 Å². The van der Waals surface area contributed by atoms with Gasteiger partial charge in [0.15, 0.2) is 0 Å². The predicted octanol–water partition coefficient (Wildman–Crippen LogP) is 2.20. The molecule has 0 spiro atoms. The third-order valence-electron chi connectivity index (χ3n) is 4.22. The first-order valence-electron chi connectivity index (χ1n) is 6.91. The molecule has 0 amide bonds. The Morgan fingerprint density at radius 2 is 2.26 bits per heavy atom. The Morgan fingerprint density at radius 1 is 1.42 bits per heavy atom. The molecule has 0 N–H and O–H groups in total. The fourth-order valence-corrected chi connectivity index (χ4v) is 3.24. The van der Waals surface area contributed by atoms with Crippen molar-refractivity contribution in [3.05, 3.63) is 35.6 Å². The molecule has 2 aliphatic heterocycles. The van der Waals surface area contributed by atoms with E-state index < -0.39 is 0 Å². The van der Waals surface area contributed by atoms with Gasteiger partial charge in [-0.1, -0.05) is 18.2 Å². The average molecular weight is 265 g/mol. The van der Waals surface area contributed by atoms with Crippen molar-refractivity contribution in [2.24, 2.45) is 0 Å². The van der Waals surface area contributed by atoms with Crippen LogP contribution in [-0.4, -0.2) is 43.4 Å². The highest BCUT2D eigenvalue weighted by Crippen LogP contribution is 2.31. The molecular formula is C15H20FNO2. The van der Waals surface area contributed by atoms with Crippen LogP contribution in [0, 0.1) is 5.82 Å². The number of fused-ring (bicyclic) bond motifs is 1. The van der Waals surface area contributed by atoms with Crippen molar-refractivity contribution < 1.29 is 13.9 Å². The molecule has 3 nitrogen and oxygen atoms in total. The van der Waals surface area contributed by atoms with Gasteiger partial charge < -0.3 is 9.47 Å². The summed E-state index contributed by atoms with van der Waals surface area (Å²) in [6.07, 6.45) is 2.44. The Labute approximate surface area is 113 Å². The predicted molar refractivity (Wildman–Crippen MR) is 70.4 cm³/mol. The van der Waals surface area contributed by atoms with E-state index in [1.807, 2.05) is 12.1 Å². The van der Waals surface area contributed by atoms with Crippen LogP contribution in [0.5, 0.6) is 0 Å². The molecule has 0 radical (unpaired) electrons. The fraction of sp³-hybridized carbons (Fsp3) is 0.600. The van der Waals surface area contributed by atoms with Crippen molar-refractivity contribution in [3.8, 4) is 0 Å². The number of ether oxygens (including phenoxy) is 2. The summed E-state index contributed by atoms with van der Waals surface area (Å²) >= 11 is 0. The maximum Gasteiger partial charge on any atom is 0.127 e. The van der Waals surface area contributed by atoms with E-state index in [1.165, 1.54) is 6.07 Å². The number of halogens is 1. The van der Waals surface area contributed by atoms with Gasteiger partial charge in [0, 0.05) is 38.4 Å². The van der Waals surface area contributed by atoms with Gasteiger partial charge in [-0.15, -0.1) is 0 Å². The Balaban J connectivity index is 1.76. The molecule has 2 heterocycles. The molecule has 0 aliphatic carbocycles. The molecule has 0 bridgehead atoms. The van der Waals surface area contributed by atoms with Crippen molar-refractivity contribution in [2.75, 3.05) is 20.3 Å². The lowest BCUT2D eigenvalue weighted by molar-refractivity contribution is -0.0655. The van der Waals surface area contributed by atoms with Crippen LogP contribution >= 0.6 is 0 Å². The van der Waals surface area contributed by atoms with E-state index in [4.69, 9.17) is 9.47 Å². The van der Waals surface area contributed by atoms with Crippen molar-refractivity contribution in [1.82, 2.24) is 4.90 Å². The third-order valence-corrected chi connectivity index (χ3v) is 4.22. The Morgan fingerprint density at radius 3 is 3.05 bits per heavy atom. The van der Waals surface area contributed by atoms with Crippen molar-refractivity contribution in [3.63, 3.8) is 0 Å². The van der Waals surface area contributed by atoms with Gasteiger partial charge in [-0.3, -0.25) is 4.90 Å². The normalized spacial score (nSPS) is 31.4. The summed E-state index contributed by atoms with van der Waals surface area (Å²) in [5.41, 5.74) is 0.753. The second kappa shape index (κ2) is 5.57. The molecule has 19 heavy (non-hydrogen) atoms. The van der Waals surface area contributed by atoms with E-state index in [1.54, 1.807) is 13.2 Å². The van der Waals surface area contributed by atoms with Gasteiger partial charge in [0.25, 0.3) is 0 Å². The number of likely N-dealkylation sites (tertiary alicyclic amines) is 1. The molecule has 0 saturated carbocycles. The lowest BCUT2D eigenvalue weighted by Crippen LogP contribution is -2.41. The van der Waals surface area contributed by atoms with E-state index in [-0.39, 0.29) is 18.0 Å². The Bertz CT molecular complexity index is 440. The zero-order chi connectivity index (χ0) is 13.2. The second-order valence-electron chi connectivity index (χ2n) is 5.34. The molecule has 3 atom stereocenters. The zero-order valence-electron chi connectivity index (χ0n) is 11.2. The molecule has 104 valence electrons. The minimum atomic E-state index is -0.128. The van der Waals surface area contributed by atoms with Crippen LogP contribution in [0.2, 0.25) is 0 Å². The first-order chi connectivity index (χ1) is 9.29. The summed E-state index contributed by atoms with van der Waals surface area (Å²) in [6, 6.07) is 7.35. The SMILES string of the molecule is CO[C@H]1CN(Cc2ccccc2F)[C@@H]2CCCO[C@H]12. The molecule has 0 unspecified atom stereocenters. The van der Waals surface area contributed by atoms with Crippen LogP contribution < -0.4 is 0 Å². The first kappa shape index (κ1) is 13.0. The van der Waals surface area contributed by atoms with Crippen LogP contribution in [0.3, 0.4) is 0 Å². The van der Waals surface area contributed by atoms with Crippen LogP contribution in [-0.2, 0) is 16.0 Å². The molecule has 2 saturated heterocycles. The highest BCUT2D eigenvalue weighted by Gasteiger charge is 2.44. The van der Waals surface area contributed by atoms with Crippen molar-refractivity contribution in [1.29, 1.82) is 0 Å². The van der Waals surface area contributed by atoms with Crippen LogP contribution in [0.25, 0.3) is 0 Å². The van der Waals surface area contributed by atoms with E-state index >= 15 is 0 Å². The average Bonchev–Trinajstić information content (AvgIpc) is 2.80. The summed E-state index contributed by atoms with van der Waals surface area (Å²) < 4.78 is 25.1. The van der Waals surface area contributed by atoms with Gasteiger partial charge in [-0.05, 0) is 18.9 Å². The topological polar surface area (TPSA) is 21.7 Å². The lowest BCUT2D eigenvalue weighted by Gasteiger charge is -2.32. The molecule has 2 fully saturated rings. The van der Waals surface area contributed by atoms with Crippen molar-refractivity contribution in [2.45, 2.75) is 37.6 Å². The highest BCUT2D eigenvalue weighted by atomic mass is 19.1. The largest absolute Gasteiger partial charge is 0.377 e. The van der Waals surface area contributed by atoms with E-state index in [9.17, 15) is 4.39 Å². The first-order valence-corrected chi connectivity index (χ1v) is 6.91. The summed E-state index contributed by atoms with van der Waals surface area (Å²) in [5, 5.41) is 0. The fourth-order valence-electron chi connectivity index (χ4n) is 3.24. The van der Waals surface area contributed by atoms with E-state index in [0.717, 1.165) is 31.6 Å². The molecular weight excluding hydrogens is 245 g/mol. The summed E-state index contributed by atoms with van der Waals surface area (Å²) in [7, 11) is 1.73. The monoisotopic (exact) mass is 265 g/mol. The van der Waals surface area contributed by atoms with Gasteiger partial charge in [0.2, 0.25) is 0 Å². The molecule has 1 aromatic rings. The molecule has 4 heteroatoms. The van der Waals surface area contributed by atoms with Crippen LogP contribution in [0.1, 0.15) is 18.4 Å². The van der Waals surface area contributed by atoms with Crippen LogP contribution in [0.4, 0.5) is 4.39 Å². The maximum atomic E-state index is 13.8. The summed E-state index contributed by atoms with van der Waals surface area (Å²) in [4.78, 5) is 2.30. The Kier molecular flexibility index (Phi) is 3.82. The number of methoxy groups -OCH3 is 1. The Hall–Kier alpha value is -0.970. The van der Waals surface area contributed by atoms with Crippen molar-refractivity contribution >= 4 is 0 Å². The molecule has 3 rings (SSSR count). The number of nitrogens with zero attached hydrogens (tertiary/aromatic N) is 1. The quantitative estimate of drug-likeness (QED) is 0.836. The molecule has 1 aromatic carbocycles. The molecule has 0 aromatic heterocycles. The van der Waals surface area contributed by atoms with Gasteiger partial charge >= 0.3 is 0 Å². The summed E-state index contributed by atoms with van der Waals surface area (Å²) in [6.45, 7) is 2.27. The standard InChI is InChI=1S/C15H20FNO2/c1-18-14-10-17(13-7-4-8-19-15(13)14)9-11-5-2-3-6-12(11)16/h2-3,5-6,13-15H,4,7-10H2,1H3/t13-,14+,15+/m1/s1. The van der Waals surface area contributed by atoms with E-state index in [2.05, 4.69) is 4.90 Å². The van der Waals surface area contributed by atoms with Gasteiger partial charge in [-0.25, -0.2) is 4.39 Å². The smallest absolute Gasteiger partial charge is 0.127 e. The lowest BCUT2D eigenvalue weighted by atomic mass is 10.0. The number of hydrogen-bond acceptors (Lipinski definition) is 3. The minimum absolute atomic E-state index is 0.108. The zero-order valence-corrected chi connectivity index (χ0v) is 11.2. The van der Waals surface area contributed by atoms with Gasteiger partial charge in [0.05, 0.1) is 6.10 Å². The third kappa shape index (κ3) is 2.53. The second-order valence-corrected chi connectivity index (χ2v) is 5.34. The maximum absolute atomic E-state index is 13.8. The number of rotatable bonds is 3. The van der Waals surface area contributed by atoms with Crippen LogP contribution in [0.15, 0.2) is 24.3 Å². The van der Waals surface area contributed by atoms with Gasteiger partial charge in [-0.2, -0.15) is 0 Å². The summed E-state index contributed by atoms with van der Waals surface area (Å²) in [5.74, 6) is -0.128. The minimum Gasteiger partial charge on any atom is -0.377 e. The van der Waals surface area contributed by atoms with E-state index in [0.29, 0.717) is 12.6 Å². The number of hydrogen-bond donors (Lipinski definition) is 0. The highest BCUT2D eigenvalue weighted by molar-refractivity contribution is 5.18. The number of benzene rings is 1. The molecule has 2 aliphatic rings.